The van der Waals surface area contributed by atoms with Gasteiger partial charge in [0.2, 0.25) is 0 Å². The first-order valence-corrected chi connectivity index (χ1v) is 4.63. The quantitative estimate of drug-likeness (QED) is 0.386. The minimum Gasteiger partial charge on any atom is -0.478 e. The molecule has 0 aliphatic rings. The van der Waals surface area contributed by atoms with Crippen LogP contribution in [0.2, 0.25) is 0 Å². The average Bonchev–Trinajstić information content (AvgIpc) is 2.15. The van der Waals surface area contributed by atoms with Gasteiger partial charge in [-0.15, -0.1) is 0 Å². The molecule has 0 saturated carbocycles. The predicted molar refractivity (Wildman–Crippen MR) is 51.9 cm³/mol. The number of carbonyl (C=O) groups excluding carboxylic acids is 1. The van der Waals surface area contributed by atoms with Crippen molar-refractivity contribution in [1.82, 2.24) is 0 Å². The first kappa shape index (κ1) is 12.7. The molecule has 0 aromatic heterocycles. The zero-order valence-electron chi connectivity index (χ0n) is 8.36. The lowest BCUT2D eigenvalue weighted by atomic mass is 10.1. The van der Waals surface area contributed by atoms with Gasteiger partial charge in [0.1, 0.15) is 0 Å². The Morgan fingerprint density at radius 3 is 2.57 bits per heavy atom. The summed E-state index contributed by atoms with van der Waals surface area (Å²) in [5, 5.41) is 8.27. The summed E-state index contributed by atoms with van der Waals surface area (Å²) in [6.07, 6.45) is 6.57. The summed E-state index contributed by atoms with van der Waals surface area (Å²) in [4.78, 5) is 20.7. The monoisotopic (exact) mass is 200 g/mol. The molecule has 0 bridgehead atoms. The van der Waals surface area contributed by atoms with Crippen molar-refractivity contribution in [2.45, 2.75) is 32.1 Å². The summed E-state index contributed by atoms with van der Waals surface area (Å²) in [6, 6.07) is 0. The van der Waals surface area contributed by atoms with E-state index in [2.05, 4.69) is 4.74 Å². The summed E-state index contributed by atoms with van der Waals surface area (Å²) in [7, 11) is 1.37. The van der Waals surface area contributed by atoms with E-state index in [-0.39, 0.29) is 5.97 Å². The molecule has 0 amide bonds. The molecule has 0 atom stereocenters. The second-order valence-corrected chi connectivity index (χ2v) is 2.92. The van der Waals surface area contributed by atoms with Gasteiger partial charge in [0.15, 0.2) is 0 Å². The standard InChI is InChI=1S/C10H16O4/c1-14-10(13)8-6-4-2-3-5-7-9(11)12/h5,7H,2-4,6,8H2,1H3,(H,11,12). The molecule has 0 saturated heterocycles. The van der Waals surface area contributed by atoms with E-state index in [4.69, 9.17) is 5.11 Å². The van der Waals surface area contributed by atoms with E-state index < -0.39 is 5.97 Å². The fraction of sp³-hybridized carbons (Fsp3) is 0.600. The highest BCUT2D eigenvalue weighted by Crippen LogP contribution is 2.04. The van der Waals surface area contributed by atoms with Crippen LogP contribution in [-0.4, -0.2) is 24.2 Å². The van der Waals surface area contributed by atoms with Crippen molar-refractivity contribution in [3.05, 3.63) is 12.2 Å². The van der Waals surface area contributed by atoms with E-state index in [1.165, 1.54) is 7.11 Å². The highest BCUT2D eigenvalue weighted by Gasteiger charge is 1.98. The van der Waals surface area contributed by atoms with E-state index in [1.807, 2.05) is 0 Å². The number of hydrogen-bond donors (Lipinski definition) is 1. The van der Waals surface area contributed by atoms with Crippen molar-refractivity contribution in [2.24, 2.45) is 0 Å². The van der Waals surface area contributed by atoms with Gasteiger partial charge < -0.3 is 9.84 Å². The zero-order chi connectivity index (χ0) is 10.8. The molecule has 0 aromatic carbocycles. The number of carbonyl (C=O) groups is 2. The lowest BCUT2D eigenvalue weighted by molar-refractivity contribution is -0.140. The molecule has 1 N–H and O–H groups in total. The van der Waals surface area contributed by atoms with Gasteiger partial charge in [-0.25, -0.2) is 4.79 Å². The van der Waals surface area contributed by atoms with Gasteiger partial charge in [0.25, 0.3) is 0 Å². The van der Waals surface area contributed by atoms with Crippen LogP contribution in [0.3, 0.4) is 0 Å². The third kappa shape index (κ3) is 8.77. The Morgan fingerprint density at radius 2 is 2.00 bits per heavy atom. The molecule has 0 aliphatic carbocycles. The molecule has 0 aromatic rings. The highest BCUT2D eigenvalue weighted by atomic mass is 16.5. The van der Waals surface area contributed by atoms with Gasteiger partial charge in [-0.05, 0) is 19.3 Å². The summed E-state index contributed by atoms with van der Waals surface area (Å²) < 4.78 is 4.48. The first-order chi connectivity index (χ1) is 6.66. The number of hydrogen-bond acceptors (Lipinski definition) is 3. The van der Waals surface area contributed by atoms with Crippen molar-refractivity contribution >= 4 is 11.9 Å². The number of allylic oxidation sites excluding steroid dienone is 1. The molecule has 80 valence electrons. The number of esters is 1. The molecule has 0 fully saturated rings. The number of carboxylic acids is 1. The Hall–Kier alpha value is -1.32. The Balaban J connectivity index is 3.22. The summed E-state index contributed by atoms with van der Waals surface area (Å²) >= 11 is 0. The number of ether oxygens (including phenoxy) is 1. The third-order valence-corrected chi connectivity index (χ3v) is 1.74. The van der Waals surface area contributed by atoms with Gasteiger partial charge >= 0.3 is 11.9 Å². The molecule has 0 rings (SSSR count). The van der Waals surface area contributed by atoms with E-state index >= 15 is 0 Å². The number of methoxy groups -OCH3 is 1. The maximum Gasteiger partial charge on any atom is 0.327 e. The summed E-state index contributed by atoms with van der Waals surface area (Å²) in [5.74, 6) is -1.11. The second kappa shape index (κ2) is 8.29. The number of unbranched alkanes of at least 4 members (excludes halogenated alkanes) is 3. The molecule has 4 nitrogen and oxygen atoms in total. The van der Waals surface area contributed by atoms with Crippen molar-refractivity contribution in [3.8, 4) is 0 Å². The van der Waals surface area contributed by atoms with Crippen LogP contribution in [-0.2, 0) is 14.3 Å². The van der Waals surface area contributed by atoms with Crippen LogP contribution in [0, 0.1) is 0 Å². The SMILES string of the molecule is COC(=O)CCCCCC=CC(=O)O. The summed E-state index contributed by atoms with van der Waals surface area (Å²) in [6.45, 7) is 0. The number of carboxylic acid groups (broad SMARTS) is 1. The van der Waals surface area contributed by atoms with Gasteiger partial charge in [-0.1, -0.05) is 12.5 Å². The van der Waals surface area contributed by atoms with Gasteiger partial charge in [0.05, 0.1) is 7.11 Å². The van der Waals surface area contributed by atoms with Crippen molar-refractivity contribution in [1.29, 1.82) is 0 Å². The van der Waals surface area contributed by atoms with E-state index in [0.29, 0.717) is 6.42 Å². The lowest BCUT2D eigenvalue weighted by Gasteiger charge is -1.97. The van der Waals surface area contributed by atoms with Gasteiger partial charge in [-0.3, -0.25) is 4.79 Å². The van der Waals surface area contributed by atoms with Crippen LogP contribution in [0.5, 0.6) is 0 Å². The molecule has 0 heterocycles. The molecular weight excluding hydrogens is 184 g/mol. The van der Waals surface area contributed by atoms with Crippen LogP contribution < -0.4 is 0 Å². The number of aliphatic carboxylic acids is 1. The Bertz CT molecular complexity index is 208. The zero-order valence-corrected chi connectivity index (χ0v) is 8.36. The topological polar surface area (TPSA) is 63.6 Å². The van der Waals surface area contributed by atoms with Crippen molar-refractivity contribution in [2.75, 3.05) is 7.11 Å². The first-order valence-electron chi connectivity index (χ1n) is 4.63. The fourth-order valence-electron chi connectivity index (χ4n) is 0.995. The highest BCUT2D eigenvalue weighted by molar-refractivity contribution is 5.79. The number of rotatable bonds is 7. The molecule has 14 heavy (non-hydrogen) atoms. The fourth-order valence-corrected chi connectivity index (χ4v) is 0.995. The predicted octanol–water partition coefficient (Wildman–Crippen LogP) is 1.75. The average molecular weight is 200 g/mol. The minimum absolute atomic E-state index is 0.189. The largest absolute Gasteiger partial charge is 0.478 e. The molecular formula is C10H16O4. The Kier molecular flexibility index (Phi) is 7.50. The van der Waals surface area contributed by atoms with Crippen LogP contribution >= 0.6 is 0 Å². The maximum atomic E-state index is 10.7. The van der Waals surface area contributed by atoms with E-state index in [1.54, 1.807) is 6.08 Å². The van der Waals surface area contributed by atoms with Gasteiger partial charge in [0, 0.05) is 12.5 Å². The Labute approximate surface area is 83.6 Å². The van der Waals surface area contributed by atoms with Crippen molar-refractivity contribution < 1.29 is 19.4 Å². The molecule has 0 unspecified atom stereocenters. The van der Waals surface area contributed by atoms with E-state index in [0.717, 1.165) is 31.8 Å². The lowest BCUT2D eigenvalue weighted by Crippen LogP contribution is -1.98. The van der Waals surface area contributed by atoms with Crippen LogP contribution in [0.25, 0.3) is 0 Å². The summed E-state index contributed by atoms with van der Waals surface area (Å²) in [5.41, 5.74) is 0. The maximum absolute atomic E-state index is 10.7. The van der Waals surface area contributed by atoms with Crippen LogP contribution in [0.1, 0.15) is 32.1 Å². The van der Waals surface area contributed by atoms with Crippen LogP contribution in [0.15, 0.2) is 12.2 Å². The van der Waals surface area contributed by atoms with Crippen LogP contribution in [0.4, 0.5) is 0 Å². The minimum atomic E-state index is -0.917. The normalized spacial score (nSPS) is 10.4. The molecule has 0 aliphatic heterocycles. The Morgan fingerprint density at radius 1 is 1.29 bits per heavy atom. The van der Waals surface area contributed by atoms with E-state index in [9.17, 15) is 9.59 Å². The molecule has 4 heteroatoms. The molecule has 0 spiro atoms. The van der Waals surface area contributed by atoms with Crippen molar-refractivity contribution in [3.63, 3.8) is 0 Å². The molecule has 0 radical (unpaired) electrons. The third-order valence-electron chi connectivity index (χ3n) is 1.74. The van der Waals surface area contributed by atoms with Gasteiger partial charge in [-0.2, -0.15) is 0 Å². The smallest absolute Gasteiger partial charge is 0.327 e. The second-order valence-electron chi connectivity index (χ2n) is 2.92.